The number of nitrogens with one attached hydrogen (secondary N) is 2. The minimum atomic E-state index is -3.60. The summed E-state index contributed by atoms with van der Waals surface area (Å²) in [6.07, 6.45) is 0.969. The van der Waals surface area contributed by atoms with Crippen LogP contribution in [0.4, 0.5) is 5.69 Å². The van der Waals surface area contributed by atoms with Crippen molar-refractivity contribution in [1.29, 1.82) is 0 Å². The zero-order valence-electron chi connectivity index (χ0n) is 12.2. The monoisotopic (exact) mass is 311 g/mol. The molecule has 0 saturated heterocycles. The summed E-state index contributed by atoms with van der Waals surface area (Å²) in [5.74, 6) is 0.299. The highest BCUT2D eigenvalue weighted by Crippen LogP contribution is 2.25. The summed E-state index contributed by atoms with van der Waals surface area (Å²) in [4.78, 5) is 11.4. The van der Waals surface area contributed by atoms with Gasteiger partial charge in [0.25, 0.3) is 0 Å². The van der Waals surface area contributed by atoms with Gasteiger partial charge in [0.2, 0.25) is 15.9 Å². The molecule has 21 heavy (non-hydrogen) atoms. The average Bonchev–Trinajstić information content (AvgIpc) is 2.74. The maximum absolute atomic E-state index is 12.2. The zero-order valence-corrected chi connectivity index (χ0v) is 13.0. The first-order valence-electron chi connectivity index (χ1n) is 6.96. The summed E-state index contributed by atoms with van der Waals surface area (Å²) in [5.41, 5.74) is 7.27. The molecule has 6 nitrogen and oxygen atoms in total. The molecule has 1 amide bonds. The van der Waals surface area contributed by atoms with Crippen LogP contribution in [0.5, 0.6) is 0 Å². The molecule has 0 radical (unpaired) electrons. The molecule has 1 atom stereocenters. The molecule has 0 fully saturated rings. The van der Waals surface area contributed by atoms with E-state index in [0.29, 0.717) is 17.2 Å². The number of benzene rings is 1. The summed E-state index contributed by atoms with van der Waals surface area (Å²) >= 11 is 0. The molecule has 0 spiro atoms. The lowest BCUT2D eigenvalue weighted by Gasteiger charge is -2.15. The van der Waals surface area contributed by atoms with E-state index in [4.69, 9.17) is 5.73 Å². The fraction of sp³-hybridized carbons (Fsp3) is 0.500. The molecule has 1 aliphatic heterocycles. The molecule has 1 heterocycles. The zero-order chi connectivity index (χ0) is 15.6. The van der Waals surface area contributed by atoms with Crippen LogP contribution >= 0.6 is 0 Å². The predicted octanol–water partition coefficient (Wildman–Crippen LogP) is 0.833. The highest BCUT2D eigenvalue weighted by Gasteiger charge is 2.22. The van der Waals surface area contributed by atoms with Gasteiger partial charge in [-0.3, -0.25) is 4.79 Å². The molecule has 0 bridgehead atoms. The minimum Gasteiger partial charge on any atom is -0.327 e. The number of carbonyl (C=O) groups is 1. The number of rotatable bonds is 6. The van der Waals surface area contributed by atoms with Crippen LogP contribution in [-0.4, -0.2) is 26.9 Å². The Hall–Kier alpha value is -1.44. The van der Waals surface area contributed by atoms with Crippen LogP contribution in [0.15, 0.2) is 23.1 Å². The third-order valence-corrected chi connectivity index (χ3v) is 4.74. The van der Waals surface area contributed by atoms with Gasteiger partial charge < -0.3 is 11.1 Å². The van der Waals surface area contributed by atoms with Gasteiger partial charge in [-0.1, -0.05) is 13.8 Å². The first-order chi connectivity index (χ1) is 9.78. The Kier molecular flexibility index (Phi) is 4.65. The SMILES string of the molecule is CC(C)CC(N)CNS(=O)(=O)c1ccc2c(c1)CC(=O)N2. The van der Waals surface area contributed by atoms with Gasteiger partial charge in [-0.25, -0.2) is 13.1 Å². The Balaban J connectivity index is 2.07. The summed E-state index contributed by atoms with van der Waals surface area (Å²) in [6.45, 7) is 4.28. The van der Waals surface area contributed by atoms with Crippen molar-refractivity contribution in [2.45, 2.75) is 37.6 Å². The van der Waals surface area contributed by atoms with Crippen molar-refractivity contribution in [2.75, 3.05) is 11.9 Å². The summed E-state index contributed by atoms with van der Waals surface area (Å²) in [7, 11) is -3.60. The summed E-state index contributed by atoms with van der Waals surface area (Å²) in [6, 6.07) is 4.42. The van der Waals surface area contributed by atoms with E-state index in [0.717, 1.165) is 6.42 Å². The van der Waals surface area contributed by atoms with Gasteiger partial charge in [0.1, 0.15) is 0 Å². The van der Waals surface area contributed by atoms with E-state index < -0.39 is 10.0 Å². The second-order valence-corrected chi connectivity index (χ2v) is 7.55. The molecule has 1 unspecified atom stereocenters. The number of carbonyl (C=O) groups excluding carboxylic acids is 1. The maximum Gasteiger partial charge on any atom is 0.240 e. The fourth-order valence-corrected chi connectivity index (χ4v) is 3.51. The molecule has 0 aromatic heterocycles. The molecule has 4 N–H and O–H groups in total. The molecule has 2 rings (SSSR count). The van der Waals surface area contributed by atoms with Gasteiger partial charge in [-0.05, 0) is 36.1 Å². The Bertz CT molecular complexity index is 641. The predicted molar refractivity (Wildman–Crippen MR) is 81.4 cm³/mol. The lowest BCUT2D eigenvalue weighted by molar-refractivity contribution is -0.115. The van der Waals surface area contributed by atoms with E-state index in [2.05, 4.69) is 10.0 Å². The highest BCUT2D eigenvalue weighted by molar-refractivity contribution is 7.89. The smallest absolute Gasteiger partial charge is 0.240 e. The Morgan fingerprint density at radius 3 is 2.76 bits per heavy atom. The molecule has 0 aliphatic carbocycles. The lowest BCUT2D eigenvalue weighted by Crippen LogP contribution is -2.38. The summed E-state index contributed by atoms with van der Waals surface area (Å²) < 4.78 is 27.0. The standard InChI is InChI=1S/C14H21N3O3S/c1-9(2)5-11(15)8-16-21(19,20)12-3-4-13-10(6-12)7-14(18)17-13/h3-4,6,9,11,16H,5,7-8,15H2,1-2H3,(H,17,18). The number of nitrogens with two attached hydrogens (primary N) is 1. The van der Waals surface area contributed by atoms with Crippen molar-refractivity contribution in [3.8, 4) is 0 Å². The fourth-order valence-electron chi connectivity index (χ4n) is 2.36. The van der Waals surface area contributed by atoms with E-state index in [1.54, 1.807) is 6.07 Å². The third-order valence-electron chi connectivity index (χ3n) is 3.32. The molecule has 1 aromatic rings. The van der Waals surface area contributed by atoms with Crippen molar-refractivity contribution < 1.29 is 13.2 Å². The van der Waals surface area contributed by atoms with Crippen molar-refractivity contribution in [2.24, 2.45) is 11.7 Å². The Morgan fingerprint density at radius 1 is 1.38 bits per heavy atom. The topological polar surface area (TPSA) is 101 Å². The Labute approximate surface area is 125 Å². The van der Waals surface area contributed by atoms with Gasteiger partial charge in [0, 0.05) is 18.3 Å². The average molecular weight is 311 g/mol. The van der Waals surface area contributed by atoms with Crippen molar-refractivity contribution in [3.63, 3.8) is 0 Å². The molecule has 1 aliphatic rings. The van der Waals surface area contributed by atoms with E-state index in [9.17, 15) is 13.2 Å². The van der Waals surface area contributed by atoms with Crippen LogP contribution in [0.25, 0.3) is 0 Å². The lowest BCUT2D eigenvalue weighted by atomic mass is 10.1. The molecular weight excluding hydrogens is 290 g/mol. The third kappa shape index (κ3) is 4.03. The van der Waals surface area contributed by atoms with Crippen LogP contribution < -0.4 is 15.8 Å². The molecule has 0 saturated carbocycles. The second-order valence-electron chi connectivity index (χ2n) is 5.79. The van der Waals surface area contributed by atoms with Crippen LogP contribution in [0, 0.1) is 5.92 Å². The van der Waals surface area contributed by atoms with Crippen LogP contribution in [0.2, 0.25) is 0 Å². The van der Waals surface area contributed by atoms with Crippen LogP contribution in [0.3, 0.4) is 0 Å². The van der Waals surface area contributed by atoms with E-state index >= 15 is 0 Å². The number of anilines is 1. The molecule has 1 aromatic carbocycles. The van der Waals surface area contributed by atoms with Gasteiger partial charge in [-0.15, -0.1) is 0 Å². The van der Waals surface area contributed by atoms with Gasteiger partial charge in [0.15, 0.2) is 0 Å². The van der Waals surface area contributed by atoms with Crippen molar-refractivity contribution in [1.82, 2.24) is 4.72 Å². The van der Waals surface area contributed by atoms with Gasteiger partial charge in [0.05, 0.1) is 11.3 Å². The van der Waals surface area contributed by atoms with E-state index in [-0.39, 0.29) is 29.8 Å². The second kappa shape index (κ2) is 6.13. The number of amides is 1. The van der Waals surface area contributed by atoms with Gasteiger partial charge in [-0.2, -0.15) is 0 Å². The quantitative estimate of drug-likeness (QED) is 0.724. The summed E-state index contributed by atoms with van der Waals surface area (Å²) in [5, 5.41) is 2.67. The highest BCUT2D eigenvalue weighted by atomic mass is 32.2. The van der Waals surface area contributed by atoms with Crippen LogP contribution in [0.1, 0.15) is 25.8 Å². The van der Waals surface area contributed by atoms with Gasteiger partial charge >= 0.3 is 0 Å². The van der Waals surface area contributed by atoms with Crippen LogP contribution in [-0.2, 0) is 21.2 Å². The molecule has 116 valence electrons. The number of sulfonamides is 1. The Morgan fingerprint density at radius 2 is 2.10 bits per heavy atom. The maximum atomic E-state index is 12.2. The first kappa shape index (κ1) is 15.9. The number of hydrogen-bond donors (Lipinski definition) is 3. The normalized spacial score (nSPS) is 15.9. The van der Waals surface area contributed by atoms with Crippen molar-refractivity contribution in [3.05, 3.63) is 23.8 Å². The van der Waals surface area contributed by atoms with E-state index in [1.807, 2.05) is 13.8 Å². The minimum absolute atomic E-state index is 0.119. The van der Waals surface area contributed by atoms with E-state index in [1.165, 1.54) is 12.1 Å². The molecular formula is C14H21N3O3S. The van der Waals surface area contributed by atoms with Crippen molar-refractivity contribution >= 4 is 21.6 Å². The first-order valence-corrected chi connectivity index (χ1v) is 8.44. The molecule has 7 heteroatoms. The number of fused-ring (bicyclic) bond motifs is 1. The number of hydrogen-bond acceptors (Lipinski definition) is 4. The largest absolute Gasteiger partial charge is 0.327 e.